The largest absolute Gasteiger partial charge is 0.363 e. The Morgan fingerprint density at radius 2 is 2.04 bits per heavy atom. The van der Waals surface area contributed by atoms with Crippen LogP contribution in [-0.2, 0) is 0 Å². The summed E-state index contributed by atoms with van der Waals surface area (Å²) in [7, 11) is 0. The van der Waals surface area contributed by atoms with Gasteiger partial charge in [-0.3, -0.25) is 0 Å². The Balaban J connectivity index is 1.56. The number of hydrogen-bond acceptors (Lipinski definition) is 3. The van der Waals surface area contributed by atoms with Crippen LogP contribution in [-0.4, -0.2) is 41.1 Å². The lowest BCUT2D eigenvalue weighted by molar-refractivity contribution is -0.903. The molecule has 4 rings (SSSR count). The van der Waals surface area contributed by atoms with Crippen molar-refractivity contribution in [3.63, 3.8) is 0 Å². The number of aromatic nitrogens is 3. The molecule has 3 heterocycles. The zero-order valence-electron chi connectivity index (χ0n) is 13.7. The highest BCUT2D eigenvalue weighted by Gasteiger charge is 2.14. The van der Waals surface area contributed by atoms with Crippen molar-refractivity contribution >= 4 is 27.8 Å². The van der Waals surface area contributed by atoms with E-state index in [1.807, 2.05) is 0 Å². The van der Waals surface area contributed by atoms with Gasteiger partial charge in [0.05, 0.1) is 26.2 Å². The molecule has 1 saturated heterocycles. The fraction of sp³-hybridized carbons (Fsp3) is 0.444. The second-order valence-electron chi connectivity index (χ2n) is 6.61. The first-order chi connectivity index (χ1) is 11.3. The Morgan fingerprint density at radius 1 is 1.17 bits per heavy atom. The van der Waals surface area contributed by atoms with Crippen LogP contribution in [0.25, 0.3) is 21.9 Å². The Kier molecular flexibility index (Phi) is 3.87. The van der Waals surface area contributed by atoms with Crippen LogP contribution in [0.3, 0.4) is 0 Å². The van der Waals surface area contributed by atoms with E-state index in [0.717, 1.165) is 35.5 Å². The molecule has 3 N–H and O–H groups in total. The van der Waals surface area contributed by atoms with Gasteiger partial charge < -0.3 is 15.2 Å². The number of hydrogen-bond donors (Lipinski definition) is 3. The second-order valence-corrected chi connectivity index (χ2v) is 6.61. The molecule has 0 atom stereocenters. The highest BCUT2D eigenvalue weighted by atomic mass is 15.1. The molecule has 5 nitrogen and oxygen atoms in total. The lowest BCUT2D eigenvalue weighted by Crippen LogP contribution is -3.13. The highest BCUT2D eigenvalue weighted by molar-refractivity contribution is 6.08. The van der Waals surface area contributed by atoms with Crippen LogP contribution in [0.4, 0.5) is 5.82 Å². The fourth-order valence-electron chi connectivity index (χ4n) is 3.60. The molecule has 0 saturated carbocycles. The van der Waals surface area contributed by atoms with Gasteiger partial charge >= 0.3 is 0 Å². The van der Waals surface area contributed by atoms with Crippen molar-refractivity contribution in [3.8, 4) is 0 Å². The van der Waals surface area contributed by atoms with Gasteiger partial charge in [0, 0.05) is 10.9 Å². The lowest BCUT2D eigenvalue weighted by Gasteiger charge is -2.23. The average molecular weight is 310 g/mol. The summed E-state index contributed by atoms with van der Waals surface area (Å²) in [6, 6.07) is 6.43. The summed E-state index contributed by atoms with van der Waals surface area (Å²) in [4.78, 5) is 14.1. The Morgan fingerprint density at radius 3 is 2.91 bits per heavy atom. The van der Waals surface area contributed by atoms with E-state index < -0.39 is 0 Å². The minimum Gasteiger partial charge on any atom is -0.363 e. The third kappa shape index (κ3) is 2.88. The molecule has 1 aromatic carbocycles. The second kappa shape index (κ2) is 6.16. The van der Waals surface area contributed by atoms with Crippen molar-refractivity contribution in [2.24, 2.45) is 0 Å². The van der Waals surface area contributed by atoms with Crippen LogP contribution in [0.15, 0.2) is 24.5 Å². The van der Waals surface area contributed by atoms with Crippen molar-refractivity contribution in [1.82, 2.24) is 15.0 Å². The zero-order chi connectivity index (χ0) is 15.6. The van der Waals surface area contributed by atoms with Crippen LogP contribution in [0.2, 0.25) is 0 Å². The van der Waals surface area contributed by atoms with Crippen molar-refractivity contribution in [2.75, 3.05) is 31.5 Å². The molecule has 0 radical (unpaired) electrons. The lowest BCUT2D eigenvalue weighted by atomic mass is 10.1. The predicted molar refractivity (Wildman–Crippen MR) is 94.0 cm³/mol. The third-order valence-corrected chi connectivity index (χ3v) is 4.87. The van der Waals surface area contributed by atoms with Gasteiger partial charge in [-0.25, -0.2) is 9.97 Å². The van der Waals surface area contributed by atoms with Gasteiger partial charge in [0.2, 0.25) is 0 Å². The monoisotopic (exact) mass is 310 g/mol. The number of benzene rings is 1. The maximum atomic E-state index is 4.48. The van der Waals surface area contributed by atoms with Gasteiger partial charge in [0.25, 0.3) is 0 Å². The minimum atomic E-state index is 0.917. The number of piperidine rings is 1. The smallest absolute Gasteiger partial charge is 0.154 e. The van der Waals surface area contributed by atoms with E-state index in [2.05, 4.69) is 45.4 Å². The summed E-state index contributed by atoms with van der Waals surface area (Å²) in [6.07, 6.45) is 5.80. The zero-order valence-corrected chi connectivity index (χ0v) is 13.7. The first-order valence-corrected chi connectivity index (χ1v) is 8.62. The van der Waals surface area contributed by atoms with E-state index in [1.165, 1.54) is 43.3 Å². The third-order valence-electron chi connectivity index (χ3n) is 4.87. The molecule has 5 heteroatoms. The Hall–Kier alpha value is -2.14. The van der Waals surface area contributed by atoms with E-state index in [4.69, 9.17) is 0 Å². The number of nitrogens with zero attached hydrogens (tertiary/aromatic N) is 2. The number of H-pyrrole nitrogens is 1. The average Bonchev–Trinajstić information content (AvgIpc) is 2.95. The van der Waals surface area contributed by atoms with Gasteiger partial charge in [0.15, 0.2) is 5.82 Å². The number of aromatic amines is 1. The van der Waals surface area contributed by atoms with Crippen LogP contribution < -0.4 is 10.2 Å². The Labute approximate surface area is 136 Å². The number of nitrogens with one attached hydrogen (secondary N) is 3. The molecule has 1 aliphatic rings. The molecule has 1 aliphatic heterocycles. The molecule has 0 spiro atoms. The molecule has 1 fully saturated rings. The van der Waals surface area contributed by atoms with Crippen LogP contribution in [0.5, 0.6) is 0 Å². The molecular weight excluding hydrogens is 286 g/mol. The molecule has 0 aliphatic carbocycles. The summed E-state index contributed by atoms with van der Waals surface area (Å²) < 4.78 is 0. The van der Waals surface area contributed by atoms with Crippen LogP contribution in [0.1, 0.15) is 24.8 Å². The molecule has 0 bridgehead atoms. The first-order valence-electron chi connectivity index (χ1n) is 8.62. The summed E-state index contributed by atoms with van der Waals surface area (Å²) in [5.41, 5.74) is 4.39. The van der Waals surface area contributed by atoms with Crippen LogP contribution in [0, 0.1) is 6.92 Å². The molecule has 0 unspecified atom stereocenters. The van der Waals surface area contributed by atoms with Crippen LogP contribution >= 0.6 is 0 Å². The topological polar surface area (TPSA) is 58.0 Å². The SMILES string of the molecule is Cc1ccc2[nH]c3c(NCC[NH+]4CCCCC4)ncnc3c2c1. The van der Waals surface area contributed by atoms with Crippen molar-refractivity contribution in [3.05, 3.63) is 30.1 Å². The number of rotatable bonds is 4. The van der Waals surface area contributed by atoms with Gasteiger partial charge in [-0.1, -0.05) is 11.6 Å². The minimum absolute atomic E-state index is 0.917. The quantitative estimate of drug-likeness (QED) is 0.690. The summed E-state index contributed by atoms with van der Waals surface area (Å²) in [5.74, 6) is 0.917. The normalized spacial score (nSPS) is 16.2. The van der Waals surface area contributed by atoms with Crippen molar-refractivity contribution in [2.45, 2.75) is 26.2 Å². The van der Waals surface area contributed by atoms with Gasteiger partial charge in [-0.2, -0.15) is 0 Å². The standard InChI is InChI=1S/C18H23N5/c1-13-5-6-15-14(11-13)16-17(22-15)18(21-12-20-16)19-7-10-23-8-3-2-4-9-23/h5-6,11-12,22H,2-4,7-10H2,1H3,(H,19,20,21)/p+1. The van der Waals surface area contributed by atoms with Gasteiger partial charge in [-0.15, -0.1) is 0 Å². The summed E-state index contributed by atoms with van der Waals surface area (Å²) in [5, 5.41) is 4.68. The molecular formula is C18H24N5+. The molecule has 120 valence electrons. The van der Waals surface area contributed by atoms with E-state index in [-0.39, 0.29) is 0 Å². The highest BCUT2D eigenvalue weighted by Crippen LogP contribution is 2.27. The molecule has 3 aromatic rings. The van der Waals surface area contributed by atoms with E-state index in [1.54, 1.807) is 11.2 Å². The first kappa shape index (κ1) is 14.5. The number of anilines is 1. The molecule has 0 amide bonds. The predicted octanol–water partition coefficient (Wildman–Crippen LogP) is 1.90. The Bertz CT molecular complexity index is 817. The van der Waals surface area contributed by atoms with Crippen molar-refractivity contribution in [1.29, 1.82) is 0 Å². The van der Waals surface area contributed by atoms with Gasteiger partial charge in [-0.05, 0) is 38.3 Å². The summed E-state index contributed by atoms with van der Waals surface area (Å²) in [6.45, 7) is 6.85. The molecule has 2 aromatic heterocycles. The van der Waals surface area contributed by atoms with E-state index in [0.29, 0.717) is 0 Å². The van der Waals surface area contributed by atoms with E-state index in [9.17, 15) is 0 Å². The van der Waals surface area contributed by atoms with Gasteiger partial charge in [0.1, 0.15) is 17.4 Å². The number of quaternary nitrogens is 1. The summed E-state index contributed by atoms with van der Waals surface area (Å²) >= 11 is 0. The number of fused-ring (bicyclic) bond motifs is 3. The van der Waals surface area contributed by atoms with E-state index >= 15 is 0 Å². The number of aryl methyl sites for hydroxylation is 1. The van der Waals surface area contributed by atoms with Crippen molar-refractivity contribution < 1.29 is 4.90 Å². The maximum Gasteiger partial charge on any atom is 0.154 e. The maximum absolute atomic E-state index is 4.48. The molecule has 23 heavy (non-hydrogen) atoms. The number of likely N-dealkylation sites (tertiary alicyclic amines) is 1. The fourth-order valence-corrected chi connectivity index (χ4v) is 3.60.